The van der Waals surface area contributed by atoms with E-state index < -0.39 is 12.0 Å². The molecule has 1 unspecified atom stereocenters. The van der Waals surface area contributed by atoms with Gasteiger partial charge in [-0.3, -0.25) is 4.79 Å². The Hall–Kier alpha value is -2.35. The van der Waals surface area contributed by atoms with Gasteiger partial charge in [0, 0.05) is 50.6 Å². The van der Waals surface area contributed by atoms with Gasteiger partial charge in [-0.05, 0) is 31.4 Å². The van der Waals surface area contributed by atoms with Gasteiger partial charge in [0.15, 0.2) is 0 Å². The number of fused-ring (bicyclic) bond motifs is 1. The highest BCUT2D eigenvalue weighted by Gasteiger charge is 2.38. The van der Waals surface area contributed by atoms with E-state index in [1.165, 1.54) is 4.90 Å². The fraction of sp³-hybridized carbons (Fsp3) is 0.524. The molecule has 2 heterocycles. The first-order valence-electron chi connectivity index (χ1n) is 10.1. The molecule has 162 valence electrons. The summed E-state index contributed by atoms with van der Waals surface area (Å²) < 4.78 is 28.9. The third-order valence-electron chi connectivity index (χ3n) is 6.44. The van der Waals surface area contributed by atoms with E-state index in [0.717, 1.165) is 11.9 Å². The molecular formula is C21H24ClF2N3O3. The van der Waals surface area contributed by atoms with Crippen LogP contribution < -0.4 is 0 Å². The van der Waals surface area contributed by atoms with Gasteiger partial charge in [0.05, 0.1) is 22.1 Å². The first kappa shape index (κ1) is 20.9. The first-order valence-corrected chi connectivity index (χ1v) is 10.5. The lowest BCUT2D eigenvalue weighted by molar-refractivity contribution is -0.0490. The summed E-state index contributed by atoms with van der Waals surface area (Å²) >= 11 is 6.42. The molecule has 1 atom stereocenters. The largest absolute Gasteiger partial charge is 0.465 e. The summed E-state index contributed by atoms with van der Waals surface area (Å²) in [5.74, 6) is -2.91. The fourth-order valence-corrected chi connectivity index (χ4v) is 4.77. The predicted octanol–water partition coefficient (Wildman–Crippen LogP) is 4.70. The average Bonchev–Trinajstić information content (AvgIpc) is 3.03. The van der Waals surface area contributed by atoms with Crippen molar-refractivity contribution in [2.45, 2.75) is 56.7 Å². The van der Waals surface area contributed by atoms with Gasteiger partial charge >= 0.3 is 6.09 Å². The maximum atomic E-state index is 13.5. The number of alkyl halides is 2. The maximum absolute atomic E-state index is 13.5. The SMILES string of the molecule is CN(C(=O)c1cn(CC2CCN2C(=O)O)c2cccc(Cl)c12)C1CCC(F)(F)CC1. The summed E-state index contributed by atoms with van der Waals surface area (Å²) in [7, 11) is 1.65. The third kappa shape index (κ3) is 3.73. The summed E-state index contributed by atoms with van der Waals surface area (Å²) in [6, 6.07) is 4.95. The zero-order valence-electron chi connectivity index (χ0n) is 16.7. The van der Waals surface area contributed by atoms with Crippen molar-refractivity contribution in [2.24, 2.45) is 0 Å². The molecule has 1 N–H and O–H groups in total. The average molecular weight is 440 g/mol. The smallest absolute Gasteiger partial charge is 0.407 e. The van der Waals surface area contributed by atoms with E-state index in [-0.39, 0.29) is 43.7 Å². The van der Waals surface area contributed by atoms with Gasteiger partial charge < -0.3 is 19.5 Å². The molecule has 2 fully saturated rings. The predicted molar refractivity (Wildman–Crippen MR) is 109 cm³/mol. The van der Waals surface area contributed by atoms with E-state index in [1.54, 1.807) is 30.3 Å². The van der Waals surface area contributed by atoms with Crippen molar-refractivity contribution in [3.05, 3.63) is 35.0 Å². The molecule has 0 radical (unpaired) electrons. The molecule has 1 aromatic carbocycles. The van der Waals surface area contributed by atoms with Crippen molar-refractivity contribution in [1.82, 2.24) is 14.4 Å². The van der Waals surface area contributed by atoms with E-state index in [0.29, 0.717) is 29.1 Å². The molecule has 2 amide bonds. The Morgan fingerprint density at radius 1 is 1.27 bits per heavy atom. The summed E-state index contributed by atoms with van der Waals surface area (Å²) in [6.07, 6.45) is 1.60. The van der Waals surface area contributed by atoms with E-state index in [1.807, 2.05) is 10.6 Å². The van der Waals surface area contributed by atoms with Crippen molar-refractivity contribution in [2.75, 3.05) is 13.6 Å². The minimum Gasteiger partial charge on any atom is -0.465 e. The minimum absolute atomic E-state index is 0.154. The Bertz CT molecular complexity index is 983. The maximum Gasteiger partial charge on any atom is 0.407 e. The van der Waals surface area contributed by atoms with Gasteiger partial charge in [-0.15, -0.1) is 0 Å². The topological polar surface area (TPSA) is 65.8 Å². The summed E-state index contributed by atoms with van der Waals surface area (Å²) in [5.41, 5.74) is 1.17. The molecule has 6 nitrogen and oxygen atoms in total. The fourth-order valence-electron chi connectivity index (χ4n) is 4.50. The molecule has 2 aromatic rings. The summed E-state index contributed by atoms with van der Waals surface area (Å²) in [4.78, 5) is 27.5. The number of hydrogen-bond donors (Lipinski definition) is 1. The second kappa shape index (κ2) is 7.72. The normalized spacial score (nSPS) is 21.5. The quantitative estimate of drug-likeness (QED) is 0.751. The molecule has 9 heteroatoms. The zero-order chi connectivity index (χ0) is 21.6. The van der Waals surface area contributed by atoms with Gasteiger partial charge in [-0.25, -0.2) is 13.6 Å². The van der Waals surface area contributed by atoms with Crippen molar-refractivity contribution < 1.29 is 23.5 Å². The summed E-state index contributed by atoms with van der Waals surface area (Å²) in [6.45, 7) is 0.927. The number of benzene rings is 1. The number of likely N-dealkylation sites (tertiary alicyclic amines) is 1. The van der Waals surface area contributed by atoms with Crippen LogP contribution in [0.15, 0.2) is 24.4 Å². The minimum atomic E-state index is -2.65. The van der Waals surface area contributed by atoms with E-state index >= 15 is 0 Å². The highest BCUT2D eigenvalue weighted by Crippen LogP contribution is 2.36. The Kier molecular flexibility index (Phi) is 5.38. The zero-order valence-corrected chi connectivity index (χ0v) is 17.4. The molecule has 0 bridgehead atoms. The van der Waals surface area contributed by atoms with Crippen LogP contribution in [0.4, 0.5) is 13.6 Å². The third-order valence-corrected chi connectivity index (χ3v) is 6.75. The van der Waals surface area contributed by atoms with Crippen molar-refractivity contribution in [3.63, 3.8) is 0 Å². The molecule has 1 saturated carbocycles. The van der Waals surface area contributed by atoms with Crippen molar-refractivity contribution >= 4 is 34.5 Å². The number of carbonyl (C=O) groups is 2. The number of nitrogens with zero attached hydrogens (tertiary/aromatic N) is 3. The summed E-state index contributed by atoms with van der Waals surface area (Å²) in [5, 5.41) is 10.3. The molecular weight excluding hydrogens is 416 g/mol. The molecule has 30 heavy (non-hydrogen) atoms. The van der Waals surface area contributed by atoms with Crippen LogP contribution in [-0.2, 0) is 6.54 Å². The van der Waals surface area contributed by atoms with Crippen LogP contribution in [0.1, 0.15) is 42.5 Å². The molecule has 1 aliphatic heterocycles. The number of halogens is 3. The van der Waals surface area contributed by atoms with Crippen LogP contribution in [0.3, 0.4) is 0 Å². The second-order valence-electron chi connectivity index (χ2n) is 8.25. The van der Waals surface area contributed by atoms with Crippen LogP contribution in [0.25, 0.3) is 10.9 Å². The molecule has 0 spiro atoms. The monoisotopic (exact) mass is 439 g/mol. The Morgan fingerprint density at radius 2 is 1.97 bits per heavy atom. The molecule has 1 aromatic heterocycles. The van der Waals surface area contributed by atoms with Gasteiger partial charge in [0.25, 0.3) is 5.91 Å². The van der Waals surface area contributed by atoms with Gasteiger partial charge in [0.1, 0.15) is 0 Å². The van der Waals surface area contributed by atoms with Crippen LogP contribution in [0.2, 0.25) is 5.02 Å². The van der Waals surface area contributed by atoms with Crippen LogP contribution in [0.5, 0.6) is 0 Å². The van der Waals surface area contributed by atoms with Gasteiger partial charge in [0.2, 0.25) is 5.92 Å². The van der Waals surface area contributed by atoms with Gasteiger partial charge in [-0.2, -0.15) is 0 Å². The lowest BCUT2D eigenvalue weighted by atomic mass is 9.91. The number of carbonyl (C=O) groups excluding carboxylic acids is 1. The van der Waals surface area contributed by atoms with Crippen LogP contribution in [-0.4, -0.2) is 63.1 Å². The van der Waals surface area contributed by atoms with Gasteiger partial charge in [-0.1, -0.05) is 17.7 Å². The highest BCUT2D eigenvalue weighted by atomic mass is 35.5. The lowest BCUT2D eigenvalue weighted by Gasteiger charge is -2.39. The van der Waals surface area contributed by atoms with Crippen LogP contribution >= 0.6 is 11.6 Å². The number of rotatable bonds is 4. The van der Waals surface area contributed by atoms with Crippen LogP contribution in [0, 0.1) is 0 Å². The standard InChI is InChI=1S/C21H24ClF2N3O3/c1-25(13-5-8-21(23,24)9-6-13)19(28)15-12-26(11-14-7-10-27(14)20(29)30)17-4-2-3-16(22)18(15)17/h2-4,12-14H,5-11H2,1H3,(H,29,30). The number of aromatic nitrogens is 1. The number of hydrogen-bond acceptors (Lipinski definition) is 2. The Morgan fingerprint density at radius 3 is 2.57 bits per heavy atom. The first-order chi connectivity index (χ1) is 14.2. The molecule has 2 aliphatic rings. The van der Waals surface area contributed by atoms with E-state index in [2.05, 4.69) is 0 Å². The molecule has 4 rings (SSSR count). The highest BCUT2D eigenvalue weighted by molar-refractivity contribution is 6.36. The second-order valence-corrected chi connectivity index (χ2v) is 8.66. The van der Waals surface area contributed by atoms with Crippen molar-refractivity contribution in [3.8, 4) is 0 Å². The Balaban J connectivity index is 1.62. The number of amides is 2. The van der Waals surface area contributed by atoms with E-state index in [9.17, 15) is 23.5 Å². The molecule has 1 saturated heterocycles. The Labute approximate surface area is 178 Å². The lowest BCUT2D eigenvalue weighted by Crippen LogP contribution is -2.52. The number of carboxylic acid groups (broad SMARTS) is 1. The van der Waals surface area contributed by atoms with E-state index in [4.69, 9.17) is 11.6 Å². The molecule has 1 aliphatic carbocycles. The van der Waals surface area contributed by atoms with Crippen molar-refractivity contribution in [1.29, 1.82) is 0 Å².